The third-order valence-electron chi connectivity index (χ3n) is 5.24. The van der Waals surface area contributed by atoms with Crippen LogP contribution in [0.4, 0.5) is 0 Å². The first kappa shape index (κ1) is 14.6. The molecular formula is C18H26N2O. The minimum absolute atomic E-state index is 0.221. The first-order valence-corrected chi connectivity index (χ1v) is 8.24. The fourth-order valence-electron chi connectivity index (χ4n) is 3.94. The minimum Gasteiger partial charge on any atom is -0.342 e. The number of benzene rings is 1. The lowest BCUT2D eigenvalue weighted by Gasteiger charge is -2.24. The van der Waals surface area contributed by atoms with Crippen molar-refractivity contribution in [3.63, 3.8) is 0 Å². The molecule has 3 heteroatoms. The van der Waals surface area contributed by atoms with Crippen LogP contribution in [0.1, 0.15) is 37.3 Å². The van der Waals surface area contributed by atoms with Gasteiger partial charge in [0.05, 0.1) is 0 Å². The molecule has 1 aromatic rings. The van der Waals surface area contributed by atoms with E-state index in [1.54, 1.807) is 0 Å². The third kappa shape index (κ3) is 2.59. The van der Waals surface area contributed by atoms with Gasteiger partial charge in [0.15, 0.2) is 0 Å². The largest absolute Gasteiger partial charge is 0.342 e. The second kappa shape index (κ2) is 5.80. The summed E-state index contributed by atoms with van der Waals surface area (Å²) in [6, 6.07) is 8.66. The zero-order valence-corrected chi connectivity index (χ0v) is 13.1. The first-order chi connectivity index (χ1) is 10.2. The van der Waals surface area contributed by atoms with Crippen LogP contribution in [0, 0.1) is 17.8 Å². The summed E-state index contributed by atoms with van der Waals surface area (Å²) in [7, 11) is 0. The number of hydrogen-bond acceptors (Lipinski definition) is 2. The lowest BCUT2D eigenvalue weighted by Crippen LogP contribution is -2.38. The van der Waals surface area contributed by atoms with Crippen LogP contribution in [0.25, 0.3) is 0 Å². The molecule has 0 aliphatic heterocycles. The van der Waals surface area contributed by atoms with E-state index in [9.17, 15) is 4.79 Å². The summed E-state index contributed by atoms with van der Waals surface area (Å²) in [6.45, 7) is 6.42. The number of carbonyl (C=O) groups excluding carboxylic acids is 1. The summed E-state index contributed by atoms with van der Waals surface area (Å²) in [4.78, 5) is 14.9. The Hall–Kier alpha value is -1.35. The highest BCUT2D eigenvalue weighted by molar-refractivity contribution is 5.84. The number of rotatable bonds is 5. The van der Waals surface area contributed by atoms with Gasteiger partial charge in [-0.15, -0.1) is 0 Å². The Morgan fingerprint density at radius 3 is 2.90 bits per heavy atom. The van der Waals surface area contributed by atoms with Crippen LogP contribution in [0.3, 0.4) is 0 Å². The van der Waals surface area contributed by atoms with E-state index in [2.05, 4.69) is 38.1 Å². The Balaban J connectivity index is 1.73. The van der Waals surface area contributed by atoms with Gasteiger partial charge in [0, 0.05) is 19.0 Å². The van der Waals surface area contributed by atoms with Gasteiger partial charge in [-0.2, -0.15) is 0 Å². The summed E-state index contributed by atoms with van der Waals surface area (Å²) in [5.41, 5.74) is 8.59. The molecule has 2 aliphatic rings. The zero-order valence-electron chi connectivity index (χ0n) is 13.1. The highest BCUT2D eigenvalue weighted by atomic mass is 16.2. The van der Waals surface area contributed by atoms with Gasteiger partial charge in [0.25, 0.3) is 0 Å². The molecular weight excluding hydrogens is 260 g/mol. The quantitative estimate of drug-likeness (QED) is 0.903. The number of hydrogen-bond donors (Lipinski definition) is 1. The molecule has 3 rings (SSSR count). The standard InChI is InChI=1S/C18H26N2O/c1-3-20(11-12(2)10-19)18(21)17-15-9-8-13-6-4-5-7-14(13)16(15)17/h4-7,12,15-17H,3,8-11,19H2,1-2H3. The normalized spacial score (nSPS) is 27.5. The molecule has 0 heterocycles. The molecule has 1 amide bonds. The van der Waals surface area contributed by atoms with Crippen LogP contribution in [-0.4, -0.2) is 30.4 Å². The second-order valence-corrected chi connectivity index (χ2v) is 6.67. The molecule has 4 unspecified atom stereocenters. The Bertz CT molecular complexity index is 528. The van der Waals surface area contributed by atoms with Crippen LogP contribution in [-0.2, 0) is 11.2 Å². The first-order valence-electron chi connectivity index (χ1n) is 8.24. The molecule has 2 N–H and O–H groups in total. The molecule has 3 nitrogen and oxygen atoms in total. The number of nitrogens with two attached hydrogens (primary N) is 1. The van der Waals surface area contributed by atoms with Crippen molar-refractivity contribution in [2.45, 2.75) is 32.6 Å². The number of amides is 1. The lowest BCUT2D eigenvalue weighted by atomic mass is 9.92. The second-order valence-electron chi connectivity index (χ2n) is 6.67. The summed E-state index contributed by atoms with van der Waals surface area (Å²) in [6.07, 6.45) is 2.30. The van der Waals surface area contributed by atoms with Gasteiger partial charge in [0.1, 0.15) is 0 Å². The Labute approximate surface area is 127 Å². The molecule has 0 spiro atoms. The van der Waals surface area contributed by atoms with E-state index < -0.39 is 0 Å². The van der Waals surface area contributed by atoms with Crippen molar-refractivity contribution in [2.24, 2.45) is 23.5 Å². The number of fused-ring (bicyclic) bond motifs is 3. The van der Waals surface area contributed by atoms with Gasteiger partial charge in [-0.05, 0) is 55.2 Å². The monoisotopic (exact) mass is 286 g/mol. The maximum atomic E-state index is 12.8. The Morgan fingerprint density at radius 2 is 2.19 bits per heavy atom. The van der Waals surface area contributed by atoms with Gasteiger partial charge >= 0.3 is 0 Å². The average molecular weight is 286 g/mol. The topological polar surface area (TPSA) is 46.3 Å². The van der Waals surface area contributed by atoms with Gasteiger partial charge in [0.2, 0.25) is 5.91 Å². The van der Waals surface area contributed by atoms with Gasteiger partial charge in [-0.25, -0.2) is 0 Å². The summed E-state index contributed by atoms with van der Waals surface area (Å²) < 4.78 is 0. The summed E-state index contributed by atoms with van der Waals surface area (Å²) >= 11 is 0. The molecule has 4 atom stereocenters. The predicted octanol–water partition coefficient (Wildman–Crippen LogP) is 2.41. The van der Waals surface area contributed by atoms with Crippen LogP contribution in [0.15, 0.2) is 24.3 Å². The van der Waals surface area contributed by atoms with E-state index in [4.69, 9.17) is 5.73 Å². The van der Waals surface area contributed by atoms with Crippen molar-refractivity contribution >= 4 is 5.91 Å². The fraction of sp³-hybridized carbons (Fsp3) is 0.611. The smallest absolute Gasteiger partial charge is 0.226 e. The van der Waals surface area contributed by atoms with E-state index in [1.165, 1.54) is 17.5 Å². The highest BCUT2D eigenvalue weighted by Gasteiger charge is 2.57. The van der Waals surface area contributed by atoms with E-state index in [1.807, 2.05) is 4.90 Å². The maximum Gasteiger partial charge on any atom is 0.226 e. The average Bonchev–Trinajstić information content (AvgIpc) is 3.26. The van der Waals surface area contributed by atoms with Crippen LogP contribution in [0.5, 0.6) is 0 Å². The maximum absolute atomic E-state index is 12.8. The molecule has 0 aromatic heterocycles. The van der Waals surface area contributed by atoms with Crippen molar-refractivity contribution in [3.8, 4) is 0 Å². The van der Waals surface area contributed by atoms with E-state index >= 15 is 0 Å². The van der Waals surface area contributed by atoms with Crippen molar-refractivity contribution in [2.75, 3.05) is 19.6 Å². The van der Waals surface area contributed by atoms with E-state index in [0.717, 1.165) is 19.5 Å². The van der Waals surface area contributed by atoms with Gasteiger partial charge in [-0.3, -0.25) is 4.79 Å². The van der Waals surface area contributed by atoms with Gasteiger partial charge < -0.3 is 10.6 Å². The highest BCUT2D eigenvalue weighted by Crippen LogP contribution is 2.60. The lowest BCUT2D eigenvalue weighted by molar-refractivity contribution is -0.133. The Kier molecular flexibility index (Phi) is 4.03. The summed E-state index contributed by atoms with van der Waals surface area (Å²) in [5.74, 6) is 2.00. The Morgan fingerprint density at radius 1 is 1.43 bits per heavy atom. The van der Waals surface area contributed by atoms with Crippen molar-refractivity contribution in [1.29, 1.82) is 0 Å². The van der Waals surface area contributed by atoms with Gasteiger partial charge in [-0.1, -0.05) is 31.2 Å². The van der Waals surface area contributed by atoms with Crippen molar-refractivity contribution in [1.82, 2.24) is 4.90 Å². The molecule has 0 radical (unpaired) electrons. The molecule has 1 saturated carbocycles. The van der Waals surface area contributed by atoms with E-state index in [-0.39, 0.29) is 5.92 Å². The SMILES string of the molecule is CCN(CC(C)CN)C(=O)C1C2CCc3ccccc3C21. The van der Waals surface area contributed by atoms with Crippen LogP contribution < -0.4 is 5.73 Å². The fourth-order valence-corrected chi connectivity index (χ4v) is 3.94. The van der Waals surface area contributed by atoms with Crippen molar-refractivity contribution < 1.29 is 4.79 Å². The molecule has 114 valence electrons. The molecule has 0 saturated heterocycles. The zero-order chi connectivity index (χ0) is 15.0. The molecule has 1 fully saturated rings. The van der Waals surface area contributed by atoms with Crippen molar-refractivity contribution in [3.05, 3.63) is 35.4 Å². The van der Waals surface area contributed by atoms with Crippen LogP contribution in [0.2, 0.25) is 0 Å². The summed E-state index contributed by atoms with van der Waals surface area (Å²) in [5, 5.41) is 0. The number of aryl methyl sites for hydroxylation is 1. The molecule has 2 aliphatic carbocycles. The molecule has 21 heavy (non-hydrogen) atoms. The van der Waals surface area contributed by atoms with Crippen LogP contribution >= 0.6 is 0 Å². The third-order valence-corrected chi connectivity index (χ3v) is 5.24. The molecule has 1 aromatic carbocycles. The number of carbonyl (C=O) groups is 1. The minimum atomic E-state index is 0.221. The van der Waals surface area contributed by atoms with E-state index in [0.29, 0.717) is 30.2 Å². The predicted molar refractivity (Wildman–Crippen MR) is 85.0 cm³/mol. The molecule has 0 bridgehead atoms. The number of nitrogens with zero attached hydrogens (tertiary/aromatic N) is 1.